The predicted octanol–water partition coefficient (Wildman–Crippen LogP) is 3.12. The molecule has 0 radical (unpaired) electrons. The molecule has 2 rings (SSSR count). The molecule has 0 bridgehead atoms. The van der Waals surface area contributed by atoms with E-state index in [0.717, 1.165) is 19.3 Å². The number of hydrogen-bond acceptors (Lipinski definition) is 7. The van der Waals surface area contributed by atoms with E-state index in [9.17, 15) is 14.4 Å². The van der Waals surface area contributed by atoms with Gasteiger partial charge < -0.3 is 25.0 Å². The van der Waals surface area contributed by atoms with Crippen LogP contribution in [0.15, 0.2) is 29.6 Å². The lowest BCUT2D eigenvalue weighted by Crippen LogP contribution is -2.40. The number of unbranched alkanes of at least 4 members (excludes halogenated alkanes) is 3. The third-order valence-corrected chi connectivity index (χ3v) is 5.82. The lowest BCUT2D eigenvalue weighted by Gasteiger charge is -2.21. The highest BCUT2D eigenvalue weighted by Crippen LogP contribution is 2.17. The van der Waals surface area contributed by atoms with Crippen LogP contribution in [-0.2, 0) is 20.7 Å². The summed E-state index contributed by atoms with van der Waals surface area (Å²) in [6, 6.07) is 6.70. The van der Waals surface area contributed by atoms with Crippen molar-refractivity contribution in [3.63, 3.8) is 0 Å². The fourth-order valence-corrected chi connectivity index (χ4v) is 3.88. The fourth-order valence-electron chi connectivity index (χ4n) is 3.15. The van der Waals surface area contributed by atoms with E-state index in [2.05, 4.69) is 22.5 Å². The zero-order valence-corrected chi connectivity index (χ0v) is 20.9. The van der Waals surface area contributed by atoms with Crippen LogP contribution in [0.2, 0.25) is 0 Å². The van der Waals surface area contributed by atoms with Gasteiger partial charge in [-0.15, -0.1) is 11.3 Å². The van der Waals surface area contributed by atoms with Crippen LogP contribution in [0.25, 0.3) is 0 Å². The van der Waals surface area contributed by atoms with Gasteiger partial charge in [-0.25, -0.2) is 4.98 Å². The summed E-state index contributed by atoms with van der Waals surface area (Å²) in [6.45, 7) is 3.21. The third-order valence-electron chi connectivity index (χ3n) is 5.02. The number of carbonyl (C=O) groups is 3. The van der Waals surface area contributed by atoms with E-state index in [1.807, 2.05) is 0 Å². The van der Waals surface area contributed by atoms with Crippen molar-refractivity contribution in [2.75, 3.05) is 45.8 Å². The number of ether oxygens (including phenoxy) is 2. The largest absolute Gasteiger partial charge is 0.497 e. The number of nitrogens with one attached hydrogen (secondary N) is 2. The number of methoxy groups -OCH3 is 2. The molecule has 2 N–H and O–H groups in total. The molecule has 0 spiro atoms. The molecule has 0 aliphatic heterocycles. The van der Waals surface area contributed by atoms with E-state index in [0.29, 0.717) is 35.3 Å². The molecule has 1 aromatic heterocycles. The average Bonchev–Trinajstić information content (AvgIpc) is 3.27. The Labute approximate surface area is 204 Å². The van der Waals surface area contributed by atoms with Gasteiger partial charge in [-0.2, -0.15) is 0 Å². The van der Waals surface area contributed by atoms with Crippen molar-refractivity contribution < 1.29 is 23.9 Å². The second-order valence-electron chi connectivity index (χ2n) is 7.73. The minimum absolute atomic E-state index is 0.0875. The predicted molar refractivity (Wildman–Crippen MR) is 132 cm³/mol. The van der Waals surface area contributed by atoms with Crippen LogP contribution in [0.1, 0.15) is 48.7 Å². The number of nitrogens with zero attached hydrogens (tertiary/aromatic N) is 2. The summed E-state index contributed by atoms with van der Waals surface area (Å²) < 4.78 is 10.2. The maximum atomic E-state index is 12.9. The number of carbonyl (C=O) groups excluding carboxylic acids is 3. The first-order valence-electron chi connectivity index (χ1n) is 11.4. The minimum atomic E-state index is -0.376. The van der Waals surface area contributed by atoms with Crippen LogP contribution in [0.4, 0.5) is 5.13 Å². The Balaban J connectivity index is 1.88. The second-order valence-corrected chi connectivity index (χ2v) is 8.59. The molecule has 0 saturated heterocycles. The number of rotatable bonds is 15. The number of amides is 3. The summed E-state index contributed by atoms with van der Waals surface area (Å²) in [5.41, 5.74) is 1.04. The molecular formula is C24H34N4O5S. The van der Waals surface area contributed by atoms with Crippen LogP contribution in [-0.4, -0.2) is 68.1 Å². The van der Waals surface area contributed by atoms with E-state index in [-0.39, 0.29) is 37.2 Å². The highest BCUT2D eigenvalue weighted by molar-refractivity contribution is 7.13. The summed E-state index contributed by atoms with van der Waals surface area (Å²) >= 11 is 1.24. The normalized spacial score (nSPS) is 10.6. The molecule has 34 heavy (non-hydrogen) atoms. The van der Waals surface area contributed by atoms with Gasteiger partial charge in [0.05, 0.1) is 25.8 Å². The molecule has 10 heteroatoms. The molecule has 0 unspecified atom stereocenters. The molecule has 2 aromatic rings. The van der Waals surface area contributed by atoms with Gasteiger partial charge in [0.15, 0.2) is 5.13 Å². The topological polar surface area (TPSA) is 110 Å². The Hall–Kier alpha value is -2.98. The Kier molecular flexibility index (Phi) is 12.0. The van der Waals surface area contributed by atoms with E-state index in [1.165, 1.54) is 29.8 Å². The van der Waals surface area contributed by atoms with Gasteiger partial charge in [0.1, 0.15) is 12.3 Å². The average molecular weight is 491 g/mol. The van der Waals surface area contributed by atoms with Gasteiger partial charge in [0.2, 0.25) is 11.8 Å². The zero-order chi connectivity index (χ0) is 24.8. The van der Waals surface area contributed by atoms with Crippen LogP contribution >= 0.6 is 11.3 Å². The Morgan fingerprint density at radius 1 is 1.06 bits per heavy atom. The first kappa shape index (κ1) is 27.3. The van der Waals surface area contributed by atoms with Crippen LogP contribution in [0.5, 0.6) is 5.75 Å². The van der Waals surface area contributed by atoms with Crippen molar-refractivity contribution in [1.29, 1.82) is 0 Å². The maximum absolute atomic E-state index is 12.9. The molecule has 9 nitrogen and oxygen atoms in total. The quantitative estimate of drug-likeness (QED) is 0.371. The highest BCUT2D eigenvalue weighted by atomic mass is 32.1. The standard InChI is InChI=1S/C24H34N4O5S/c1-4-5-6-7-12-25-21(29)15-19-17-34-24(26-19)27-22(30)16-28(13-14-32-2)23(31)18-8-10-20(33-3)11-9-18/h8-11,17H,4-7,12-16H2,1-3H3,(H,25,29)(H,26,27,30). The molecule has 0 saturated carbocycles. The van der Waals surface area contributed by atoms with Gasteiger partial charge >= 0.3 is 0 Å². The Bertz CT molecular complexity index is 916. The summed E-state index contributed by atoms with van der Waals surface area (Å²) in [5, 5.41) is 7.75. The Morgan fingerprint density at radius 3 is 2.50 bits per heavy atom. The first-order valence-corrected chi connectivity index (χ1v) is 12.3. The molecule has 186 valence electrons. The number of anilines is 1. The second kappa shape index (κ2) is 15.0. The van der Waals surface area contributed by atoms with Crippen LogP contribution < -0.4 is 15.4 Å². The molecular weight excluding hydrogens is 456 g/mol. The van der Waals surface area contributed by atoms with E-state index >= 15 is 0 Å². The van der Waals surface area contributed by atoms with Crippen molar-refractivity contribution in [3.8, 4) is 5.75 Å². The van der Waals surface area contributed by atoms with E-state index in [1.54, 1.807) is 36.8 Å². The molecule has 0 aliphatic rings. The molecule has 3 amide bonds. The lowest BCUT2D eigenvalue weighted by molar-refractivity contribution is -0.120. The van der Waals surface area contributed by atoms with Crippen molar-refractivity contribution >= 4 is 34.2 Å². The van der Waals surface area contributed by atoms with Crippen LogP contribution in [0, 0.1) is 0 Å². The van der Waals surface area contributed by atoms with Gasteiger partial charge in [-0.05, 0) is 30.7 Å². The smallest absolute Gasteiger partial charge is 0.254 e. The fraction of sp³-hybridized carbons (Fsp3) is 0.500. The van der Waals surface area contributed by atoms with Crippen molar-refractivity contribution in [1.82, 2.24) is 15.2 Å². The van der Waals surface area contributed by atoms with E-state index < -0.39 is 0 Å². The van der Waals surface area contributed by atoms with Gasteiger partial charge in [0.25, 0.3) is 5.91 Å². The van der Waals surface area contributed by atoms with E-state index in [4.69, 9.17) is 9.47 Å². The maximum Gasteiger partial charge on any atom is 0.254 e. The molecule has 1 aromatic carbocycles. The monoisotopic (exact) mass is 490 g/mol. The number of aromatic nitrogens is 1. The summed E-state index contributed by atoms with van der Waals surface area (Å²) in [5.74, 6) is -0.109. The van der Waals surface area contributed by atoms with Gasteiger partial charge in [-0.3, -0.25) is 14.4 Å². The SMILES string of the molecule is CCCCCCNC(=O)Cc1csc(NC(=O)CN(CCOC)C(=O)c2ccc(OC)cc2)n1. The van der Waals surface area contributed by atoms with Gasteiger partial charge in [-0.1, -0.05) is 26.2 Å². The lowest BCUT2D eigenvalue weighted by atomic mass is 10.2. The van der Waals surface area contributed by atoms with Gasteiger partial charge in [0, 0.05) is 31.1 Å². The Morgan fingerprint density at radius 2 is 1.82 bits per heavy atom. The molecule has 1 heterocycles. The summed E-state index contributed by atoms with van der Waals surface area (Å²) in [6.07, 6.45) is 4.55. The van der Waals surface area contributed by atoms with Crippen LogP contribution in [0.3, 0.4) is 0 Å². The number of benzene rings is 1. The third kappa shape index (κ3) is 9.48. The van der Waals surface area contributed by atoms with Crippen molar-refractivity contribution in [2.24, 2.45) is 0 Å². The first-order chi connectivity index (χ1) is 16.5. The number of thiazole rings is 1. The summed E-state index contributed by atoms with van der Waals surface area (Å²) in [4.78, 5) is 43.3. The molecule has 0 aliphatic carbocycles. The number of hydrogen-bond donors (Lipinski definition) is 2. The minimum Gasteiger partial charge on any atom is -0.497 e. The van der Waals surface area contributed by atoms with Crippen molar-refractivity contribution in [3.05, 3.63) is 40.9 Å². The molecule has 0 fully saturated rings. The molecule has 0 atom stereocenters. The highest BCUT2D eigenvalue weighted by Gasteiger charge is 2.20. The zero-order valence-electron chi connectivity index (χ0n) is 20.1. The summed E-state index contributed by atoms with van der Waals surface area (Å²) in [7, 11) is 3.09. The van der Waals surface area contributed by atoms with Crippen molar-refractivity contribution in [2.45, 2.75) is 39.0 Å².